The van der Waals surface area contributed by atoms with Crippen molar-refractivity contribution < 1.29 is 10.2 Å². The van der Waals surface area contributed by atoms with Crippen molar-refractivity contribution >= 4 is 17.3 Å². The number of benzene rings is 3. The maximum absolute atomic E-state index is 10.6. The van der Waals surface area contributed by atoms with E-state index in [1.807, 2.05) is 60.7 Å². The van der Waals surface area contributed by atoms with Crippen LogP contribution in [0.2, 0.25) is 5.02 Å². The topological polar surface area (TPSA) is 65.2 Å². The highest BCUT2D eigenvalue weighted by Crippen LogP contribution is 2.57. The van der Waals surface area contributed by atoms with Gasteiger partial charge in [-0.25, -0.2) is 0 Å². The minimum Gasteiger partial charge on any atom is -0.506 e. The molecular formula is C19H13ClN2O2. The Labute approximate surface area is 143 Å². The molecule has 118 valence electrons. The van der Waals surface area contributed by atoms with Gasteiger partial charge in [0.25, 0.3) is 0 Å². The molecule has 0 aromatic heterocycles. The van der Waals surface area contributed by atoms with E-state index in [-0.39, 0.29) is 22.2 Å². The Hall–Kier alpha value is -2.85. The number of halogens is 1. The molecule has 0 spiro atoms. The molecule has 5 heteroatoms. The van der Waals surface area contributed by atoms with Crippen LogP contribution in [0.15, 0.2) is 77.0 Å². The molecule has 2 N–H and O–H groups in total. The van der Waals surface area contributed by atoms with Crippen molar-refractivity contribution in [1.29, 1.82) is 0 Å². The van der Waals surface area contributed by atoms with Crippen molar-refractivity contribution in [3.05, 3.63) is 88.4 Å². The molecule has 0 unspecified atom stereocenters. The molecule has 0 fully saturated rings. The SMILES string of the molecule is Oc1cc(Cl)c(O)c2c1N=NC2(c1ccccc1)c1ccccc1. The van der Waals surface area contributed by atoms with Crippen LogP contribution in [0.5, 0.6) is 11.5 Å². The molecule has 1 heterocycles. The van der Waals surface area contributed by atoms with Crippen LogP contribution in [0.1, 0.15) is 16.7 Å². The van der Waals surface area contributed by atoms with E-state index in [0.717, 1.165) is 11.1 Å². The number of fused-ring (bicyclic) bond motifs is 1. The van der Waals surface area contributed by atoms with Crippen molar-refractivity contribution in [2.24, 2.45) is 10.2 Å². The Bertz CT molecular complexity index is 901. The first-order valence-electron chi connectivity index (χ1n) is 7.43. The van der Waals surface area contributed by atoms with Gasteiger partial charge in [0.1, 0.15) is 17.2 Å². The van der Waals surface area contributed by atoms with Crippen LogP contribution < -0.4 is 0 Å². The Morgan fingerprint density at radius 2 is 1.38 bits per heavy atom. The third kappa shape index (κ3) is 1.93. The monoisotopic (exact) mass is 336 g/mol. The van der Waals surface area contributed by atoms with Gasteiger partial charge in [0.05, 0.1) is 10.6 Å². The van der Waals surface area contributed by atoms with Gasteiger partial charge in [-0.3, -0.25) is 0 Å². The first kappa shape index (κ1) is 14.7. The molecule has 0 saturated carbocycles. The second-order valence-electron chi connectivity index (χ2n) is 5.59. The zero-order valence-electron chi connectivity index (χ0n) is 12.5. The zero-order chi connectivity index (χ0) is 16.7. The van der Waals surface area contributed by atoms with Crippen LogP contribution in [-0.4, -0.2) is 10.2 Å². The van der Waals surface area contributed by atoms with Crippen LogP contribution >= 0.6 is 11.6 Å². The Morgan fingerprint density at radius 3 is 1.92 bits per heavy atom. The van der Waals surface area contributed by atoms with Gasteiger partial charge in [0.15, 0.2) is 5.54 Å². The number of phenols is 2. The van der Waals surface area contributed by atoms with Crippen LogP contribution in [0, 0.1) is 0 Å². The third-order valence-corrected chi connectivity index (χ3v) is 4.54. The van der Waals surface area contributed by atoms with Crippen molar-refractivity contribution in [3.8, 4) is 11.5 Å². The summed E-state index contributed by atoms with van der Waals surface area (Å²) in [5.41, 5.74) is 1.24. The van der Waals surface area contributed by atoms with E-state index in [1.54, 1.807) is 0 Å². The van der Waals surface area contributed by atoms with Gasteiger partial charge in [-0.2, -0.15) is 5.11 Å². The molecule has 4 nitrogen and oxygen atoms in total. The highest BCUT2D eigenvalue weighted by molar-refractivity contribution is 6.32. The molecule has 0 amide bonds. The lowest BCUT2D eigenvalue weighted by Gasteiger charge is -2.28. The highest BCUT2D eigenvalue weighted by Gasteiger charge is 2.46. The summed E-state index contributed by atoms with van der Waals surface area (Å²) < 4.78 is 0. The molecule has 0 aliphatic carbocycles. The number of hydrogen-bond donors (Lipinski definition) is 2. The van der Waals surface area contributed by atoms with E-state index in [4.69, 9.17) is 11.6 Å². The van der Waals surface area contributed by atoms with E-state index < -0.39 is 5.54 Å². The zero-order valence-corrected chi connectivity index (χ0v) is 13.3. The summed E-state index contributed by atoms with van der Waals surface area (Å²) in [6.07, 6.45) is 0. The Balaban J connectivity index is 2.13. The van der Waals surface area contributed by atoms with Crippen LogP contribution in [0.4, 0.5) is 5.69 Å². The first-order chi connectivity index (χ1) is 11.6. The van der Waals surface area contributed by atoms with Gasteiger partial charge < -0.3 is 10.2 Å². The van der Waals surface area contributed by atoms with E-state index in [1.165, 1.54) is 6.07 Å². The lowest BCUT2D eigenvalue weighted by atomic mass is 9.77. The number of nitrogens with zero attached hydrogens (tertiary/aromatic N) is 2. The smallest absolute Gasteiger partial charge is 0.163 e. The molecule has 4 rings (SSSR count). The van der Waals surface area contributed by atoms with Gasteiger partial charge in [0.2, 0.25) is 0 Å². The van der Waals surface area contributed by atoms with Crippen molar-refractivity contribution in [1.82, 2.24) is 0 Å². The van der Waals surface area contributed by atoms with Crippen LogP contribution in [0.3, 0.4) is 0 Å². The summed E-state index contributed by atoms with van der Waals surface area (Å²) in [4.78, 5) is 0. The van der Waals surface area contributed by atoms with Gasteiger partial charge in [-0.05, 0) is 11.1 Å². The van der Waals surface area contributed by atoms with Crippen molar-refractivity contribution in [2.45, 2.75) is 5.54 Å². The molecule has 24 heavy (non-hydrogen) atoms. The number of aromatic hydroxyl groups is 2. The number of phenolic OH excluding ortho intramolecular Hbond substituents is 2. The summed E-state index contributed by atoms with van der Waals surface area (Å²) in [6.45, 7) is 0. The molecule has 0 bridgehead atoms. The normalized spacial score (nSPS) is 14.5. The second-order valence-corrected chi connectivity index (χ2v) is 6.00. The maximum Gasteiger partial charge on any atom is 0.163 e. The van der Waals surface area contributed by atoms with Gasteiger partial charge in [-0.1, -0.05) is 72.3 Å². The molecular weight excluding hydrogens is 324 g/mol. The van der Waals surface area contributed by atoms with E-state index >= 15 is 0 Å². The first-order valence-corrected chi connectivity index (χ1v) is 7.81. The summed E-state index contributed by atoms with van der Waals surface area (Å²) in [7, 11) is 0. The van der Waals surface area contributed by atoms with Gasteiger partial charge >= 0.3 is 0 Å². The highest BCUT2D eigenvalue weighted by atomic mass is 35.5. The fourth-order valence-electron chi connectivity index (χ4n) is 3.16. The quantitative estimate of drug-likeness (QED) is 0.636. The fraction of sp³-hybridized carbons (Fsp3) is 0.0526. The van der Waals surface area contributed by atoms with Crippen molar-refractivity contribution in [2.75, 3.05) is 0 Å². The van der Waals surface area contributed by atoms with E-state index in [0.29, 0.717) is 5.56 Å². The fourth-order valence-corrected chi connectivity index (χ4v) is 3.36. The average Bonchev–Trinajstić information content (AvgIpc) is 3.03. The standard InChI is InChI=1S/C19H13ClN2O2/c20-14-11-15(23)17-16(18(14)24)19(22-21-17,12-7-3-1-4-8-12)13-9-5-2-6-10-13/h1-11,23-24H. The van der Waals surface area contributed by atoms with E-state index in [9.17, 15) is 10.2 Å². The molecule has 3 aromatic rings. The van der Waals surface area contributed by atoms with Gasteiger partial charge in [-0.15, -0.1) is 5.11 Å². The average molecular weight is 337 g/mol. The summed E-state index contributed by atoms with van der Waals surface area (Å²) in [6, 6.07) is 20.3. The maximum atomic E-state index is 10.6. The lowest BCUT2D eigenvalue weighted by molar-refractivity contribution is 0.449. The Morgan fingerprint density at radius 1 is 0.833 bits per heavy atom. The molecule has 0 saturated heterocycles. The molecule has 0 atom stereocenters. The number of hydrogen-bond acceptors (Lipinski definition) is 4. The predicted octanol–water partition coefficient (Wildman–Crippen LogP) is 5.14. The Kier molecular flexibility index (Phi) is 3.28. The van der Waals surface area contributed by atoms with Crippen molar-refractivity contribution in [3.63, 3.8) is 0 Å². The minimum atomic E-state index is -1.05. The lowest BCUT2D eigenvalue weighted by Crippen LogP contribution is -2.24. The summed E-state index contributed by atoms with van der Waals surface area (Å²) in [5.74, 6) is -0.229. The number of rotatable bonds is 2. The largest absolute Gasteiger partial charge is 0.506 e. The van der Waals surface area contributed by atoms with Crippen LogP contribution in [0.25, 0.3) is 0 Å². The van der Waals surface area contributed by atoms with E-state index in [2.05, 4.69) is 10.2 Å². The minimum absolute atomic E-state index is 0.0646. The molecule has 3 aromatic carbocycles. The number of azo groups is 1. The van der Waals surface area contributed by atoms with Crippen LogP contribution in [-0.2, 0) is 5.54 Å². The summed E-state index contributed by atoms with van der Waals surface area (Å²) in [5, 5.41) is 29.6. The molecule has 0 radical (unpaired) electrons. The molecule has 1 aliphatic heterocycles. The summed E-state index contributed by atoms with van der Waals surface area (Å²) >= 11 is 6.11. The molecule has 1 aliphatic rings. The predicted molar refractivity (Wildman–Crippen MR) is 92.1 cm³/mol. The van der Waals surface area contributed by atoms with Gasteiger partial charge in [0, 0.05) is 6.07 Å². The third-order valence-electron chi connectivity index (χ3n) is 4.25. The second kappa shape index (κ2) is 5.35.